The van der Waals surface area contributed by atoms with Crippen molar-refractivity contribution in [2.75, 3.05) is 25.1 Å². The molecular weight excluding hydrogens is 270 g/mol. The van der Waals surface area contributed by atoms with Crippen LogP contribution in [0.2, 0.25) is 0 Å². The summed E-state index contributed by atoms with van der Waals surface area (Å²) in [6.07, 6.45) is 12.3. The van der Waals surface area contributed by atoms with E-state index in [0.29, 0.717) is 6.10 Å². The minimum absolute atomic E-state index is 0.303. The molecule has 1 aromatic rings. The summed E-state index contributed by atoms with van der Waals surface area (Å²) < 4.78 is 6.18. The number of anilines is 1. The Morgan fingerprint density at radius 3 is 2.45 bits per heavy atom. The van der Waals surface area contributed by atoms with Crippen LogP contribution in [0, 0.1) is 0 Å². The molecule has 0 N–H and O–H groups in total. The van der Waals surface area contributed by atoms with Crippen LogP contribution in [0.25, 0.3) is 0 Å². The first-order valence-corrected chi connectivity index (χ1v) is 9.24. The Kier molecular flexibility index (Phi) is 7.79. The number of nitrogens with zero attached hydrogens (tertiary/aromatic N) is 1. The van der Waals surface area contributed by atoms with Crippen LogP contribution in [0.3, 0.4) is 0 Å². The number of unbranched alkanes of at least 4 members (excludes halogenated alkanes) is 7. The number of rotatable bonds is 10. The van der Waals surface area contributed by atoms with Gasteiger partial charge in [-0.2, -0.15) is 0 Å². The minimum atomic E-state index is 0.303. The molecule has 0 radical (unpaired) electrons. The van der Waals surface area contributed by atoms with Gasteiger partial charge in [0.25, 0.3) is 0 Å². The molecule has 0 aliphatic carbocycles. The Balaban J connectivity index is 1.61. The quantitative estimate of drug-likeness (QED) is 0.512. The van der Waals surface area contributed by atoms with E-state index in [1.807, 2.05) is 0 Å². The van der Waals surface area contributed by atoms with Gasteiger partial charge in [-0.15, -0.1) is 0 Å². The number of fused-ring (bicyclic) bond motifs is 1. The van der Waals surface area contributed by atoms with Gasteiger partial charge in [0, 0.05) is 31.5 Å². The van der Waals surface area contributed by atoms with Crippen molar-refractivity contribution in [3.8, 4) is 0 Å². The zero-order valence-corrected chi connectivity index (χ0v) is 14.5. The third kappa shape index (κ3) is 5.31. The van der Waals surface area contributed by atoms with Gasteiger partial charge in [-0.25, -0.2) is 0 Å². The van der Waals surface area contributed by atoms with Gasteiger partial charge in [0.15, 0.2) is 0 Å². The van der Waals surface area contributed by atoms with E-state index in [4.69, 9.17) is 4.74 Å². The van der Waals surface area contributed by atoms with Crippen LogP contribution in [-0.4, -0.2) is 20.2 Å². The van der Waals surface area contributed by atoms with Gasteiger partial charge in [-0.3, -0.25) is 0 Å². The van der Waals surface area contributed by atoms with Gasteiger partial charge < -0.3 is 9.64 Å². The topological polar surface area (TPSA) is 12.5 Å². The maximum absolute atomic E-state index is 6.18. The Morgan fingerprint density at radius 1 is 1.00 bits per heavy atom. The first-order chi connectivity index (χ1) is 10.8. The fourth-order valence-corrected chi connectivity index (χ4v) is 3.33. The van der Waals surface area contributed by atoms with Crippen molar-refractivity contribution < 1.29 is 4.74 Å². The molecule has 0 saturated heterocycles. The largest absolute Gasteiger partial charge is 0.374 e. The third-order valence-electron chi connectivity index (χ3n) is 4.74. The van der Waals surface area contributed by atoms with E-state index in [1.165, 1.54) is 62.6 Å². The molecule has 1 aliphatic heterocycles. The summed E-state index contributed by atoms with van der Waals surface area (Å²) in [6.45, 7) is 4.29. The summed E-state index contributed by atoms with van der Waals surface area (Å²) in [4.78, 5) is 2.34. The zero-order valence-electron chi connectivity index (χ0n) is 14.5. The molecule has 1 unspecified atom stereocenters. The monoisotopic (exact) mass is 303 g/mol. The van der Waals surface area contributed by atoms with Crippen molar-refractivity contribution in [2.45, 2.75) is 70.8 Å². The Labute approximate surface area is 136 Å². The molecule has 2 nitrogen and oxygen atoms in total. The highest BCUT2D eigenvalue weighted by Crippen LogP contribution is 2.35. The molecule has 22 heavy (non-hydrogen) atoms. The van der Waals surface area contributed by atoms with Gasteiger partial charge in [-0.05, 0) is 18.9 Å². The van der Waals surface area contributed by atoms with Crippen LogP contribution < -0.4 is 4.90 Å². The van der Waals surface area contributed by atoms with Crippen molar-refractivity contribution in [3.63, 3.8) is 0 Å². The molecule has 1 aromatic carbocycles. The van der Waals surface area contributed by atoms with Crippen molar-refractivity contribution in [2.24, 2.45) is 0 Å². The van der Waals surface area contributed by atoms with Crippen molar-refractivity contribution in [3.05, 3.63) is 29.8 Å². The first-order valence-electron chi connectivity index (χ1n) is 9.24. The highest BCUT2D eigenvalue weighted by atomic mass is 16.5. The van der Waals surface area contributed by atoms with E-state index in [2.05, 4.69) is 43.1 Å². The molecular formula is C20H33NO. The lowest BCUT2D eigenvalue weighted by molar-refractivity contribution is 0.0429. The Bertz CT molecular complexity index is 418. The molecule has 2 heteroatoms. The predicted octanol–water partition coefficient (Wildman–Crippen LogP) is 5.72. The molecule has 124 valence electrons. The van der Waals surface area contributed by atoms with Crippen LogP contribution >= 0.6 is 0 Å². The molecule has 1 heterocycles. The summed E-state index contributed by atoms with van der Waals surface area (Å²) in [5.41, 5.74) is 2.71. The molecule has 0 aromatic heterocycles. The standard InChI is InChI=1S/C20H33NO/c1-3-4-5-6-7-8-9-12-17-22-20-15-16-21(2)19-14-11-10-13-18(19)20/h10-11,13-14,20H,3-9,12,15-17H2,1-2H3. The zero-order chi connectivity index (χ0) is 15.6. The van der Waals surface area contributed by atoms with E-state index < -0.39 is 0 Å². The van der Waals surface area contributed by atoms with E-state index >= 15 is 0 Å². The van der Waals surface area contributed by atoms with Crippen LogP contribution in [0.5, 0.6) is 0 Å². The van der Waals surface area contributed by atoms with E-state index in [9.17, 15) is 0 Å². The number of hydrogen-bond acceptors (Lipinski definition) is 2. The third-order valence-corrected chi connectivity index (χ3v) is 4.74. The molecule has 1 aliphatic rings. The Morgan fingerprint density at radius 2 is 1.68 bits per heavy atom. The van der Waals surface area contributed by atoms with Gasteiger partial charge in [0.1, 0.15) is 0 Å². The van der Waals surface area contributed by atoms with Crippen molar-refractivity contribution in [1.29, 1.82) is 0 Å². The summed E-state index contributed by atoms with van der Waals surface area (Å²) >= 11 is 0. The Hall–Kier alpha value is -1.02. The lowest BCUT2D eigenvalue weighted by atomic mass is 9.99. The van der Waals surface area contributed by atoms with Gasteiger partial charge in [0.05, 0.1) is 6.10 Å². The lowest BCUT2D eigenvalue weighted by Crippen LogP contribution is -2.28. The van der Waals surface area contributed by atoms with Gasteiger partial charge in [0.2, 0.25) is 0 Å². The van der Waals surface area contributed by atoms with Crippen molar-refractivity contribution >= 4 is 5.69 Å². The summed E-state index contributed by atoms with van der Waals surface area (Å²) in [5.74, 6) is 0. The minimum Gasteiger partial charge on any atom is -0.374 e. The van der Waals surface area contributed by atoms with Crippen LogP contribution in [0.15, 0.2) is 24.3 Å². The number of para-hydroxylation sites is 1. The number of ether oxygens (including phenoxy) is 1. The molecule has 0 bridgehead atoms. The van der Waals surface area contributed by atoms with Gasteiger partial charge >= 0.3 is 0 Å². The second-order valence-electron chi connectivity index (χ2n) is 6.60. The van der Waals surface area contributed by atoms with Crippen LogP contribution in [0.1, 0.15) is 76.4 Å². The maximum atomic E-state index is 6.18. The average Bonchev–Trinajstić information content (AvgIpc) is 2.55. The van der Waals surface area contributed by atoms with Crippen LogP contribution in [0.4, 0.5) is 5.69 Å². The molecule has 0 saturated carbocycles. The summed E-state index contributed by atoms with van der Waals surface area (Å²) in [6, 6.07) is 8.69. The normalized spacial score (nSPS) is 17.5. The molecule has 1 atom stereocenters. The van der Waals surface area contributed by atoms with E-state index in [1.54, 1.807) is 0 Å². The number of benzene rings is 1. The smallest absolute Gasteiger partial charge is 0.0861 e. The maximum Gasteiger partial charge on any atom is 0.0861 e. The second-order valence-corrected chi connectivity index (χ2v) is 6.60. The van der Waals surface area contributed by atoms with Crippen LogP contribution in [-0.2, 0) is 4.74 Å². The summed E-state index contributed by atoms with van der Waals surface area (Å²) in [7, 11) is 2.17. The van der Waals surface area contributed by atoms with E-state index in [0.717, 1.165) is 19.6 Å². The molecule has 0 fully saturated rings. The highest BCUT2D eigenvalue weighted by Gasteiger charge is 2.22. The fourth-order valence-electron chi connectivity index (χ4n) is 3.33. The molecule has 0 spiro atoms. The SMILES string of the molecule is CCCCCCCCCCOC1CCN(C)c2ccccc21. The number of hydrogen-bond donors (Lipinski definition) is 0. The lowest BCUT2D eigenvalue weighted by Gasteiger charge is -2.33. The van der Waals surface area contributed by atoms with Gasteiger partial charge in [-0.1, -0.05) is 70.1 Å². The average molecular weight is 303 g/mol. The van der Waals surface area contributed by atoms with E-state index in [-0.39, 0.29) is 0 Å². The first kappa shape index (κ1) is 17.3. The molecule has 2 rings (SSSR count). The predicted molar refractivity (Wildman–Crippen MR) is 95.6 cm³/mol. The summed E-state index contributed by atoms with van der Waals surface area (Å²) in [5, 5.41) is 0. The highest BCUT2D eigenvalue weighted by molar-refractivity contribution is 5.55. The van der Waals surface area contributed by atoms with Crippen molar-refractivity contribution in [1.82, 2.24) is 0 Å². The molecule has 0 amide bonds. The second kappa shape index (κ2) is 9.89. The fraction of sp³-hybridized carbons (Fsp3) is 0.700.